The fraction of sp³-hybridized carbons (Fsp3) is 0.318. The molecule has 29 heavy (non-hydrogen) atoms. The molecule has 0 spiro atoms. The number of aryl methyl sites for hydroxylation is 1. The number of unbranched alkanes of at least 4 members (excludes halogenated alkanes) is 3. The summed E-state index contributed by atoms with van der Waals surface area (Å²) in [6.45, 7) is 4.65. The molecule has 154 valence electrons. The number of nitrogens with one attached hydrogen (secondary N) is 3. The van der Waals surface area contributed by atoms with Crippen molar-refractivity contribution in [2.45, 2.75) is 39.5 Å². The van der Waals surface area contributed by atoms with Crippen molar-refractivity contribution in [3.63, 3.8) is 0 Å². The number of rotatable bonds is 8. The van der Waals surface area contributed by atoms with Crippen LogP contribution in [0.3, 0.4) is 0 Å². The number of hydrazine groups is 1. The summed E-state index contributed by atoms with van der Waals surface area (Å²) in [5.74, 6) is -0.248. The summed E-state index contributed by atoms with van der Waals surface area (Å²) in [6.07, 6.45) is 4.36. The standard InChI is InChI=1S/C22H27N3O3S/c1-3-4-5-8-15-28-19-10-7-6-9-18(19)21(27)23-22(29)25-24-20(26)17-13-11-16(2)12-14-17/h6-7,9-14H,3-5,8,15H2,1-2H3,(H,24,26)(H2,23,25,27,29). The first-order valence-electron chi connectivity index (χ1n) is 9.71. The Balaban J connectivity index is 1.85. The molecule has 0 aromatic heterocycles. The summed E-state index contributed by atoms with van der Waals surface area (Å²) in [7, 11) is 0. The minimum Gasteiger partial charge on any atom is -0.493 e. The van der Waals surface area contributed by atoms with Crippen molar-refractivity contribution in [3.05, 3.63) is 65.2 Å². The molecule has 0 bridgehead atoms. The van der Waals surface area contributed by atoms with Crippen LogP contribution in [0.2, 0.25) is 0 Å². The van der Waals surface area contributed by atoms with Gasteiger partial charge >= 0.3 is 0 Å². The van der Waals surface area contributed by atoms with E-state index in [2.05, 4.69) is 23.1 Å². The fourth-order valence-corrected chi connectivity index (χ4v) is 2.73. The zero-order valence-corrected chi connectivity index (χ0v) is 17.6. The van der Waals surface area contributed by atoms with Gasteiger partial charge in [0.1, 0.15) is 5.75 Å². The number of thiocarbonyl (C=S) groups is 1. The Kier molecular flexibility index (Phi) is 9.11. The van der Waals surface area contributed by atoms with Crippen molar-refractivity contribution in [1.29, 1.82) is 0 Å². The molecular formula is C22H27N3O3S. The normalized spacial score (nSPS) is 10.1. The summed E-state index contributed by atoms with van der Waals surface area (Å²) >= 11 is 5.10. The molecule has 0 aliphatic heterocycles. The molecule has 0 fully saturated rings. The quantitative estimate of drug-likeness (QED) is 0.347. The summed E-state index contributed by atoms with van der Waals surface area (Å²) in [5.41, 5.74) is 6.94. The van der Waals surface area contributed by atoms with E-state index in [1.165, 1.54) is 6.42 Å². The molecule has 2 rings (SSSR count). The second kappa shape index (κ2) is 11.8. The van der Waals surface area contributed by atoms with Gasteiger partial charge in [0.05, 0.1) is 12.2 Å². The van der Waals surface area contributed by atoms with Crippen LogP contribution >= 0.6 is 12.2 Å². The van der Waals surface area contributed by atoms with Crippen molar-refractivity contribution in [2.24, 2.45) is 0 Å². The third-order valence-electron chi connectivity index (χ3n) is 4.22. The van der Waals surface area contributed by atoms with E-state index in [1.54, 1.807) is 30.3 Å². The van der Waals surface area contributed by atoms with E-state index in [1.807, 2.05) is 25.1 Å². The van der Waals surface area contributed by atoms with Gasteiger partial charge in [-0.15, -0.1) is 0 Å². The molecule has 0 atom stereocenters. The van der Waals surface area contributed by atoms with E-state index < -0.39 is 5.91 Å². The fourth-order valence-electron chi connectivity index (χ4n) is 2.58. The van der Waals surface area contributed by atoms with Crippen LogP contribution < -0.4 is 20.9 Å². The summed E-state index contributed by atoms with van der Waals surface area (Å²) in [5, 5.41) is 2.54. The average Bonchev–Trinajstić information content (AvgIpc) is 2.72. The molecule has 2 aromatic rings. The Morgan fingerprint density at radius 2 is 1.66 bits per heavy atom. The van der Waals surface area contributed by atoms with Crippen LogP contribution in [0.25, 0.3) is 0 Å². The second-order valence-corrected chi connectivity index (χ2v) is 7.04. The van der Waals surface area contributed by atoms with Gasteiger partial charge in [0.25, 0.3) is 11.8 Å². The number of benzene rings is 2. The van der Waals surface area contributed by atoms with Crippen LogP contribution in [0, 0.1) is 6.92 Å². The van der Waals surface area contributed by atoms with Gasteiger partial charge in [0.2, 0.25) is 0 Å². The van der Waals surface area contributed by atoms with Crippen LogP contribution in [0.5, 0.6) is 5.75 Å². The van der Waals surface area contributed by atoms with E-state index >= 15 is 0 Å². The molecule has 0 aliphatic rings. The molecule has 0 saturated heterocycles. The Labute approximate surface area is 177 Å². The van der Waals surface area contributed by atoms with Gasteiger partial charge in [0.15, 0.2) is 5.11 Å². The van der Waals surface area contributed by atoms with E-state index in [9.17, 15) is 9.59 Å². The van der Waals surface area contributed by atoms with Gasteiger partial charge < -0.3 is 4.74 Å². The van der Waals surface area contributed by atoms with Crippen molar-refractivity contribution >= 4 is 29.1 Å². The van der Waals surface area contributed by atoms with Crippen LogP contribution in [-0.4, -0.2) is 23.5 Å². The van der Waals surface area contributed by atoms with Crippen molar-refractivity contribution in [2.75, 3.05) is 6.61 Å². The highest BCUT2D eigenvalue weighted by Crippen LogP contribution is 2.18. The number of para-hydroxylation sites is 1. The maximum atomic E-state index is 12.5. The van der Waals surface area contributed by atoms with Crippen molar-refractivity contribution in [1.82, 2.24) is 16.2 Å². The van der Waals surface area contributed by atoms with Gasteiger partial charge in [-0.1, -0.05) is 56.0 Å². The minimum atomic E-state index is -0.406. The SMILES string of the molecule is CCCCCCOc1ccccc1C(=O)NC(=S)NNC(=O)c1ccc(C)cc1. The molecule has 2 aromatic carbocycles. The Morgan fingerprint density at radius 3 is 2.38 bits per heavy atom. The Hall–Kier alpha value is -2.93. The van der Waals surface area contributed by atoms with Crippen molar-refractivity contribution < 1.29 is 14.3 Å². The van der Waals surface area contributed by atoms with Gasteiger partial charge in [0, 0.05) is 5.56 Å². The van der Waals surface area contributed by atoms with E-state index in [-0.39, 0.29) is 11.0 Å². The highest BCUT2D eigenvalue weighted by molar-refractivity contribution is 7.80. The summed E-state index contributed by atoms with van der Waals surface area (Å²) < 4.78 is 5.76. The number of hydrogen-bond donors (Lipinski definition) is 3. The van der Waals surface area contributed by atoms with E-state index in [0.29, 0.717) is 23.5 Å². The predicted molar refractivity (Wildman–Crippen MR) is 118 cm³/mol. The molecule has 0 unspecified atom stereocenters. The van der Waals surface area contributed by atoms with Crippen LogP contribution in [-0.2, 0) is 0 Å². The lowest BCUT2D eigenvalue weighted by Gasteiger charge is -2.13. The van der Waals surface area contributed by atoms with Crippen LogP contribution in [0.15, 0.2) is 48.5 Å². The molecule has 3 N–H and O–H groups in total. The first-order valence-corrected chi connectivity index (χ1v) is 10.1. The largest absolute Gasteiger partial charge is 0.493 e. The van der Waals surface area contributed by atoms with Crippen LogP contribution in [0.1, 0.15) is 58.9 Å². The van der Waals surface area contributed by atoms with E-state index in [4.69, 9.17) is 17.0 Å². The molecular weight excluding hydrogens is 386 g/mol. The predicted octanol–water partition coefficient (Wildman–Crippen LogP) is 3.90. The molecule has 0 radical (unpaired) electrons. The molecule has 6 nitrogen and oxygen atoms in total. The monoisotopic (exact) mass is 413 g/mol. The Morgan fingerprint density at radius 1 is 0.931 bits per heavy atom. The third-order valence-corrected chi connectivity index (χ3v) is 4.42. The highest BCUT2D eigenvalue weighted by Gasteiger charge is 2.14. The lowest BCUT2D eigenvalue weighted by Crippen LogP contribution is -2.48. The molecule has 0 heterocycles. The van der Waals surface area contributed by atoms with Gasteiger partial charge in [-0.2, -0.15) is 0 Å². The maximum Gasteiger partial charge on any atom is 0.269 e. The summed E-state index contributed by atoms with van der Waals surface area (Å²) in [6, 6.07) is 14.1. The molecule has 2 amide bonds. The minimum absolute atomic E-state index is 0.00629. The number of ether oxygens (including phenoxy) is 1. The molecule has 0 saturated carbocycles. The average molecular weight is 414 g/mol. The maximum absolute atomic E-state index is 12.5. The van der Waals surface area contributed by atoms with Crippen molar-refractivity contribution in [3.8, 4) is 5.75 Å². The van der Waals surface area contributed by atoms with Gasteiger partial charge in [-0.25, -0.2) is 0 Å². The zero-order chi connectivity index (χ0) is 21.1. The van der Waals surface area contributed by atoms with Gasteiger partial charge in [-0.3, -0.25) is 25.8 Å². The van der Waals surface area contributed by atoms with Gasteiger partial charge in [-0.05, 0) is 49.8 Å². The topological polar surface area (TPSA) is 79.5 Å². The third kappa shape index (κ3) is 7.54. The zero-order valence-electron chi connectivity index (χ0n) is 16.8. The highest BCUT2D eigenvalue weighted by atomic mass is 32.1. The second-order valence-electron chi connectivity index (χ2n) is 6.63. The van der Waals surface area contributed by atoms with E-state index in [0.717, 1.165) is 24.8 Å². The van der Waals surface area contributed by atoms with Crippen LogP contribution in [0.4, 0.5) is 0 Å². The number of carbonyl (C=O) groups is 2. The first-order chi connectivity index (χ1) is 14.0. The lowest BCUT2D eigenvalue weighted by molar-refractivity contribution is 0.0933. The summed E-state index contributed by atoms with van der Waals surface area (Å²) in [4.78, 5) is 24.6. The number of hydrogen-bond acceptors (Lipinski definition) is 4. The number of amides is 2. The first kappa shape index (κ1) is 22.4. The lowest BCUT2D eigenvalue weighted by atomic mass is 10.1. The smallest absolute Gasteiger partial charge is 0.269 e. The molecule has 7 heteroatoms. The number of carbonyl (C=O) groups excluding carboxylic acids is 2. The molecule has 0 aliphatic carbocycles. The Bertz CT molecular complexity index is 837.